The fourth-order valence-corrected chi connectivity index (χ4v) is 1.96. The lowest BCUT2D eigenvalue weighted by Crippen LogP contribution is -2.15. The molecule has 0 spiro atoms. The normalized spacial score (nSPS) is 10.1. The van der Waals surface area contributed by atoms with Gasteiger partial charge in [0.2, 0.25) is 5.91 Å². The summed E-state index contributed by atoms with van der Waals surface area (Å²) in [6, 6.07) is 17.3. The smallest absolute Gasteiger partial charge is 0.227 e. The van der Waals surface area contributed by atoms with Crippen molar-refractivity contribution in [1.82, 2.24) is 5.32 Å². The van der Waals surface area contributed by atoms with Crippen molar-refractivity contribution in [3.05, 3.63) is 60.2 Å². The first-order valence-corrected chi connectivity index (χ1v) is 6.99. The highest BCUT2D eigenvalue weighted by Gasteiger charge is 2.03. The number of nitrogens with one attached hydrogen (secondary N) is 2. The second-order valence-electron chi connectivity index (χ2n) is 4.69. The SMILES string of the molecule is CNCc1cccc(OCCC(=O)Nc2ccccc2)c1. The molecule has 2 rings (SSSR count). The maximum atomic E-state index is 11.8. The van der Waals surface area contributed by atoms with Gasteiger partial charge >= 0.3 is 0 Å². The highest BCUT2D eigenvalue weighted by Crippen LogP contribution is 2.13. The molecule has 1 amide bonds. The first-order chi connectivity index (χ1) is 10.3. The maximum absolute atomic E-state index is 11.8. The molecule has 0 aromatic heterocycles. The summed E-state index contributed by atoms with van der Waals surface area (Å²) < 4.78 is 5.61. The van der Waals surface area contributed by atoms with E-state index in [0.29, 0.717) is 13.0 Å². The van der Waals surface area contributed by atoms with Crippen molar-refractivity contribution in [2.75, 3.05) is 19.0 Å². The summed E-state index contributed by atoms with van der Waals surface area (Å²) in [6.45, 7) is 1.16. The summed E-state index contributed by atoms with van der Waals surface area (Å²) in [6.07, 6.45) is 0.325. The zero-order valence-corrected chi connectivity index (χ0v) is 12.1. The summed E-state index contributed by atoms with van der Waals surface area (Å²) in [4.78, 5) is 11.8. The van der Waals surface area contributed by atoms with Gasteiger partial charge in [-0.1, -0.05) is 30.3 Å². The summed E-state index contributed by atoms with van der Waals surface area (Å²) in [5.41, 5.74) is 1.96. The van der Waals surface area contributed by atoms with E-state index in [4.69, 9.17) is 4.74 Å². The number of ether oxygens (including phenoxy) is 1. The number of hydrogen-bond acceptors (Lipinski definition) is 3. The second kappa shape index (κ2) is 8.07. The van der Waals surface area contributed by atoms with Crippen molar-refractivity contribution in [2.45, 2.75) is 13.0 Å². The van der Waals surface area contributed by atoms with E-state index in [9.17, 15) is 4.79 Å². The topological polar surface area (TPSA) is 50.4 Å². The van der Waals surface area contributed by atoms with Crippen LogP contribution in [0.5, 0.6) is 5.75 Å². The largest absolute Gasteiger partial charge is 0.493 e. The molecule has 0 unspecified atom stereocenters. The van der Waals surface area contributed by atoms with Gasteiger partial charge < -0.3 is 15.4 Å². The molecule has 0 atom stereocenters. The summed E-state index contributed by atoms with van der Waals surface area (Å²) in [7, 11) is 1.90. The van der Waals surface area contributed by atoms with Crippen LogP contribution in [0.2, 0.25) is 0 Å². The zero-order valence-electron chi connectivity index (χ0n) is 12.1. The average molecular weight is 284 g/mol. The Hall–Kier alpha value is -2.33. The third-order valence-electron chi connectivity index (χ3n) is 2.93. The van der Waals surface area contributed by atoms with Gasteiger partial charge in [0.05, 0.1) is 13.0 Å². The molecule has 2 aromatic rings. The Labute approximate surface area is 125 Å². The maximum Gasteiger partial charge on any atom is 0.227 e. The molecule has 2 aromatic carbocycles. The molecule has 0 fully saturated rings. The van der Waals surface area contributed by atoms with Gasteiger partial charge in [-0.05, 0) is 36.9 Å². The quantitative estimate of drug-likeness (QED) is 0.822. The molecule has 110 valence electrons. The standard InChI is InChI=1S/C17H20N2O2/c1-18-13-14-6-5-9-16(12-14)21-11-10-17(20)19-15-7-3-2-4-8-15/h2-9,12,18H,10-11,13H2,1H3,(H,19,20). The van der Waals surface area contributed by atoms with E-state index >= 15 is 0 Å². The number of benzene rings is 2. The third-order valence-corrected chi connectivity index (χ3v) is 2.93. The molecular formula is C17H20N2O2. The molecular weight excluding hydrogens is 264 g/mol. The van der Waals surface area contributed by atoms with E-state index < -0.39 is 0 Å². The van der Waals surface area contributed by atoms with Gasteiger partial charge in [-0.25, -0.2) is 0 Å². The Balaban J connectivity index is 1.76. The number of carbonyl (C=O) groups excluding carboxylic acids is 1. The van der Waals surface area contributed by atoms with Gasteiger partial charge in [0.1, 0.15) is 5.75 Å². The van der Waals surface area contributed by atoms with Crippen LogP contribution in [0.25, 0.3) is 0 Å². The Morgan fingerprint density at radius 2 is 1.90 bits per heavy atom. The van der Waals surface area contributed by atoms with Crippen molar-refractivity contribution < 1.29 is 9.53 Å². The monoisotopic (exact) mass is 284 g/mol. The van der Waals surface area contributed by atoms with E-state index in [1.165, 1.54) is 0 Å². The third kappa shape index (κ3) is 5.28. The Morgan fingerprint density at radius 3 is 2.67 bits per heavy atom. The minimum atomic E-state index is -0.0485. The van der Waals surface area contributed by atoms with Gasteiger partial charge in [-0.15, -0.1) is 0 Å². The molecule has 0 aliphatic heterocycles. The molecule has 0 heterocycles. The average Bonchev–Trinajstić information content (AvgIpc) is 2.49. The van der Waals surface area contributed by atoms with Crippen LogP contribution in [-0.2, 0) is 11.3 Å². The van der Waals surface area contributed by atoms with Gasteiger partial charge in [-0.3, -0.25) is 4.79 Å². The van der Waals surface area contributed by atoms with Gasteiger partial charge in [0.25, 0.3) is 0 Å². The number of hydrogen-bond donors (Lipinski definition) is 2. The molecule has 0 saturated carbocycles. The summed E-state index contributed by atoms with van der Waals surface area (Å²) >= 11 is 0. The second-order valence-corrected chi connectivity index (χ2v) is 4.69. The lowest BCUT2D eigenvalue weighted by molar-refractivity contribution is -0.116. The van der Waals surface area contributed by atoms with Gasteiger partial charge in [-0.2, -0.15) is 0 Å². The van der Waals surface area contributed by atoms with Crippen molar-refractivity contribution in [1.29, 1.82) is 0 Å². The van der Waals surface area contributed by atoms with E-state index in [-0.39, 0.29) is 5.91 Å². The minimum Gasteiger partial charge on any atom is -0.493 e. The Morgan fingerprint density at radius 1 is 1.10 bits per heavy atom. The summed E-state index contributed by atoms with van der Waals surface area (Å²) in [5, 5.41) is 5.92. The Kier molecular flexibility index (Phi) is 5.79. The zero-order chi connectivity index (χ0) is 14.9. The molecule has 0 radical (unpaired) electrons. The summed E-state index contributed by atoms with van der Waals surface area (Å²) in [5.74, 6) is 0.739. The van der Waals surface area contributed by atoms with Crippen LogP contribution in [0.4, 0.5) is 5.69 Å². The van der Waals surface area contributed by atoms with Crippen LogP contribution in [0.3, 0.4) is 0 Å². The molecule has 0 saturated heterocycles. The molecule has 4 nitrogen and oxygen atoms in total. The number of anilines is 1. The number of amides is 1. The van der Waals surface area contributed by atoms with Crippen LogP contribution < -0.4 is 15.4 Å². The van der Waals surface area contributed by atoms with Crippen molar-refractivity contribution in [2.24, 2.45) is 0 Å². The predicted molar refractivity (Wildman–Crippen MR) is 84.4 cm³/mol. The van der Waals surface area contributed by atoms with Crippen LogP contribution in [0.15, 0.2) is 54.6 Å². The highest BCUT2D eigenvalue weighted by molar-refractivity contribution is 5.90. The number of rotatable bonds is 7. The van der Waals surface area contributed by atoms with E-state index in [1.807, 2.05) is 61.6 Å². The van der Waals surface area contributed by atoms with Crippen LogP contribution in [0.1, 0.15) is 12.0 Å². The molecule has 4 heteroatoms. The van der Waals surface area contributed by atoms with E-state index in [1.54, 1.807) is 0 Å². The predicted octanol–water partition coefficient (Wildman–Crippen LogP) is 2.81. The Bertz CT molecular complexity index is 570. The lowest BCUT2D eigenvalue weighted by Gasteiger charge is -2.08. The fourth-order valence-electron chi connectivity index (χ4n) is 1.96. The van der Waals surface area contributed by atoms with Crippen molar-refractivity contribution in [3.8, 4) is 5.75 Å². The van der Waals surface area contributed by atoms with Crippen LogP contribution in [-0.4, -0.2) is 19.6 Å². The molecule has 21 heavy (non-hydrogen) atoms. The molecule has 0 bridgehead atoms. The first-order valence-electron chi connectivity index (χ1n) is 6.99. The minimum absolute atomic E-state index is 0.0485. The van der Waals surface area contributed by atoms with Gasteiger partial charge in [0, 0.05) is 12.2 Å². The van der Waals surface area contributed by atoms with Gasteiger partial charge in [0.15, 0.2) is 0 Å². The van der Waals surface area contributed by atoms with Crippen molar-refractivity contribution >= 4 is 11.6 Å². The van der Waals surface area contributed by atoms with Crippen LogP contribution >= 0.6 is 0 Å². The number of carbonyl (C=O) groups is 1. The van der Waals surface area contributed by atoms with E-state index in [2.05, 4.69) is 10.6 Å². The molecule has 0 aliphatic carbocycles. The highest BCUT2D eigenvalue weighted by atomic mass is 16.5. The molecule has 2 N–H and O–H groups in total. The first kappa shape index (κ1) is 15.1. The van der Waals surface area contributed by atoms with Crippen LogP contribution in [0, 0.1) is 0 Å². The molecule has 0 aliphatic rings. The van der Waals surface area contributed by atoms with Crippen molar-refractivity contribution in [3.63, 3.8) is 0 Å². The van der Waals surface area contributed by atoms with E-state index in [0.717, 1.165) is 23.5 Å². The number of para-hydroxylation sites is 1. The fraction of sp³-hybridized carbons (Fsp3) is 0.235. The lowest BCUT2D eigenvalue weighted by atomic mass is 10.2.